The molecule has 1 aromatic heterocycles. The molecule has 5 nitrogen and oxygen atoms in total. The van der Waals surface area contributed by atoms with E-state index in [0.29, 0.717) is 6.04 Å². The van der Waals surface area contributed by atoms with Gasteiger partial charge in [0, 0.05) is 50.0 Å². The van der Waals surface area contributed by atoms with Gasteiger partial charge in [0.2, 0.25) is 0 Å². The Kier molecular flexibility index (Phi) is 4.60. The van der Waals surface area contributed by atoms with Crippen LogP contribution in [0.25, 0.3) is 0 Å². The molecule has 0 aliphatic carbocycles. The summed E-state index contributed by atoms with van der Waals surface area (Å²) in [6.45, 7) is 14.0. The fourth-order valence-corrected chi connectivity index (χ4v) is 2.92. The summed E-state index contributed by atoms with van der Waals surface area (Å²) in [7, 11) is 2.18. The SMILES string of the molecule is CCn1nc(C)c(C(C)NN2CCN(C)CC2)c1C. The van der Waals surface area contributed by atoms with E-state index in [1.165, 1.54) is 11.3 Å². The molecular formula is C14H27N5. The number of piperazine rings is 1. The van der Waals surface area contributed by atoms with Gasteiger partial charge in [-0.25, -0.2) is 10.4 Å². The summed E-state index contributed by atoms with van der Waals surface area (Å²) in [5.41, 5.74) is 7.41. The Hall–Kier alpha value is -0.910. The Morgan fingerprint density at radius 1 is 1.21 bits per heavy atom. The first-order valence-corrected chi connectivity index (χ1v) is 7.26. The lowest BCUT2D eigenvalue weighted by Crippen LogP contribution is -2.51. The second-order valence-corrected chi connectivity index (χ2v) is 5.54. The largest absolute Gasteiger partial charge is 0.304 e. The molecular weight excluding hydrogens is 238 g/mol. The van der Waals surface area contributed by atoms with Crippen molar-refractivity contribution < 1.29 is 0 Å². The fourth-order valence-electron chi connectivity index (χ4n) is 2.92. The number of likely N-dealkylation sites (N-methyl/N-ethyl adjacent to an activating group) is 1. The third-order valence-electron chi connectivity index (χ3n) is 4.05. The molecule has 1 aromatic rings. The van der Waals surface area contributed by atoms with Crippen molar-refractivity contribution in [1.29, 1.82) is 0 Å². The van der Waals surface area contributed by atoms with E-state index in [9.17, 15) is 0 Å². The molecule has 1 saturated heterocycles. The molecule has 0 amide bonds. The van der Waals surface area contributed by atoms with Gasteiger partial charge in [0.15, 0.2) is 0 Å². The van der Waals surface area contributed by atoms with Gasteiger partial charge in [0.1, 0.15) is 0 Å². The number of hydrogen-bond acceptors (Lipinski definition) is 4. The molecule has 0 spiro atoms. The molecule has 19 heavy (non-hydrogen) atoms. The first-order valence-electron chi connectivity index (χ1n) is 7.26. The van der Waals surface area contributed by atoms with Crippen LogP contribution >= 0.6 is 0 Å². The standard InChI is InChI=1S/C14H27N5/c1-6-19-13(4)14(12(3)16-19)11(2)15-18-9-7-17(5)8-10-18/h11,15H,6-10H2,1-5H3. The zero-order valence-corrected chi connectivity index (χ0v) is 12.9. The van der Waals surface area contributed by atoms with Crippen LogP contribution in [0.5, 0.6) is 0 Å². The number of hydrogen-bond donors (Lipinski definition) is 1. The van der Waals surface area contributed by atoms with Crippen LogP contribution in [0.2, 0.25) is 0 Å². The number of aromatic nitrogens is 2. The van der Waals surface area contributed by atoms with Gasteiger partial charge in [0.05, 0.1) is 5.69 Å². The number of nitrogens with one attached hydrogen (secondary N) is 1. The minimum absolute atomic E-state index is 0.323. The van der Waals surface area contributed by atoms with Crippen LogP contribution in [0.1, 0.15) is 36.8 Å². The van der Waals surface area contributed by atoms with Gasteiger partial charge in [-0.15, -0.1) is 0 Å². The molecule has 0 saturated carbocycles. The van der Waals surface area contributed by atoms with Crippen LogP contribution in [0.3, 0.4) is 0 Å². The molecule has 1 fully saturated rings. The second kappa shape index (κ2) is 6.03. The summed E-state index contributed by atoms with van der Waals surface area (Å²) in [6.07, 6.45) is 0. The minimum Gasteiger partial charge on any atom is -0.304 e. The van der Waals surface area contributed by atoms with Crippen LogP contribution in [0.4, 0.5) is 0 Å². The van der Waals surface area contributed by atoms with E-state index in [2.05, 4.69) is 59.9 Å². The third-order valence-corrected chi connectivity index (χ3v) is 4.05. The number of rotatable bonds is 4. The minimum atomic E-state index is 0.323. The van der Waals surface area contributed by atoms with Gasteiger partial charge in [0.25, 0.3) is 0 Å². The van der Waals surface area contributed by atoms with Crippen LogP contribution in [-0.2, 0) is 6.54 Å². The molecule has 2 rings (SSSR count). The second-order valence-electron chi connectivity index (χ2n) is 5.54. The predicted octanol–water partition coefficient (Wildman–Crippen LogP) is 1.33. The molecule has 0 aromatic carbocycles. The number of hydrazine groups is 1. The lowest BCUT2D eigenvalue weighted by atomic mass is 10.1. The van der Waals surface area contributed by atoms with Crippen molar-refractivity contribution >= 4 is 0 Å². The molecule has 1 aliphatic heterocycles. The molecule has 1 aliphatic rings. The van der Waals surface area contributed by atoms with E-state index in [1.807, 2.05) is 0 Å². The first kappa shape index (κ1) is 14.5. The maximum atomic E-state index is 4.60. The van der Waals surface area contributed by atoms with Gasteiger partial charge < -0.3 is 4.90 Å². The van der Waals surface area contributed by atoms with Crippen LogP contribution in [0.15, 0.2) is 0 Å². The van der Waals surface area contributed by atoms with Gasteiger partial charge in [-0.05, 0) is 34.7 Å². The summed E-state index contributed by atoms with van der Waals surface area (Å²) in [6, 6.07) is 0.323. The van der Waals surface area contributed by atoms with Gasteiger partial charge in [-0.1, -0.05) is 0 Å². The lowest BCUT2D eigenvalue weighted by Gasteiger charge is -2.34. The summed E-state index contributed by atoms with van der Waals surface area (Å²) in [4.78, 5) is 2.37. The summed E-state index contributed by atoms with van der Waals surface area (Å²) < 4.78 is 2.09. The van der Waals surface area contributed by atoms with E-state index in [1.54, 1.807) is 0 Å². The van der Waals surface area contributed by atoms with Crippen molar-refractivity contribution in [3.63, 3.8) is 0 Å². The van der Waals surface area contributed by atoms with E-state index >= 15 is 0 Å². The number of aryl methyl sites for hydroxylation is 2. The molecule has 1 N–H and O–H groups in total. The highest BCUT2D eigenvalue weighted by Crippen LogP contribution is 2.21. The zero-order chi connectivity index (χ0) is 14.0. The quantitative estimate of drug-likeness (QED) is 0.891. The molecule has 5 heteroatoms. The predicted molar refractivity (Wildman–Crippen MR) is 78.0 cm³/mol. The Morgan fingerprint density at radius 3 is 2.37 bits per heavy atom. The maximum absolute atomic E-state index is 4.60. The Bertz CT molecular complexity index is 418. The summed E-state index contributed by atoms with van der Waals surface area (Å²) in [5.74, 6) is 0. The third kappa shape index (κ3) is 3.16. The Morgan fingerprint density at radius 2 is 1.84 bits per heavy atom. The highest BCUT2D eigenvalue weighted by molar-refractivity contribution is 5.27. The van der Waals surface area contributed by atoms with Crippen LogP contribution in [0, 0.1) is 13.8 Å². The molecule has 1 unspecified atom stereocenters. The average molecular weight is 265 g/mol. The maximum Gasteiger partial charge on any atom is 0.0644 e. The number of nitrogens with zero attached hydrogens (tertiary/aromatic N) is 4. The van der Waals surface area contributed by atoms with Crippen molar-refractivity contribution in [3.05, 3.63) is 17.0 Å². The molecule has 2 heterocycles. The smallest absolute Gasteiger partial charge is 0.0644 e. The van der Waals surface area contributed by atoms with E-state index in [4.69, 9.17) is 0 Å². The van der Waals surface area contributed by atoms with E-state index < -0.39 is 0 Å². The average Bonchev–Trinajstić information content (AvgIpc) is 2.67. The van der Waals surface area contributed by atoms with Gasteiger partial charge >= 0.3 is 0 Å². The van der Waals surface area contributed by atoms with Gasteiger partial charge in [-0.3, -0.25) is 4.68 Å². The van der Waals surface area contributed by atoms with E-state index in [-0.39, 0.29) is 0 Å². The van der Waals surface area contributed by atoms with E-state index in [0.717, 1.165) is 38.4 Å². The molecule has 108 valence electrons. The van der Waals surface area contributed by atoms with Gasteiger partial charge in [-0.2, -0.15) is 5.10 Å². The van der Waals surface area contributed by atoms with Crippen molar-refractivity contribution in [2.24, 2.45) is 0 Å². The van der Waals surface area contributed by atoms with Crippen molar-refractivity contribution in [2.45, 2.75) is 40.3 Å². The normalized spacial score (nSPS) is 19.8. The van der Waals surface area contributed by atoms with Crippen molar-refractivity contribution in [1.82, 2.24) is 25.1 Å². The first-order chi connectivity index (χ1) is 9.02. The highest BCUT2D eigenvalue weighted by atomic mass is 15.5. The van der Waals surface area contributed by atoms with Crippen LogP contribution in [-0.4, -0.2) is 52.9 Å². The van der Waals surface area contributed by atoms with Crippen molar-refractivity contribution in [2.75, 3.05) is 33.2 Å². The highest BCUT2D eigenvalue weighted by Gasteiger charge is 2.20. The summed E-state index contributed by atoms with van der Waals surface area (Å²) in [5, 5.41) is 6.94. The topological polar surface area (TPSA) is 36.3 Å². The molecule has 0 radical (unpaired) electrons. The zero-order valence-electron chi connectivity index (χ0n) is 12.9. The summed E-state index contributed by atoms with van der Waals surface area (Å²) >= 11 is 0. The fraction of sp³-hybridized carbons (Fsp3) is 0.786. The Balaban J connectivity index is 2.03. The van der Waals surface area contributed by atoms with Crippen molar-refractivity contribution in [3.8, 4) is 0 Å². The van der Waals surface area contributed by atoms with Crippen LogP contribution < -0.4 is 5.43 Å². The molecule has 0 bridgehead atoms. The molecule has 1 atom stereocenters. The monoisotopic (exact) mass is 265 g/mol. The Labute approximate surface area is 116 Å². The lowest BCUT2D eigenvalue weighted by molar-refractivity contribution is 0.0896.